The molecular formula is C16H19NO3S. The van der Waals surface area contributed by atoms with Gasteiger partial charge < -0.3 is 4.74 Å². The normalized spacial score (nSPS) is 11.1. The Morgan fingerprint density at radius 2 is 1.86 bits per heavy atom. The summed E-state index contributed by atoms with van der Waals surface area (Å²) in [6.07, 6.45) is 0. The predicted octanol–water partition coefficient (Wildman–Crippen LogP) is 3.34. The van der Waals surface area contributed by atoms with Crippen molar-refractivity contribution in [2.24, 2.45) is 0 Å². The van der Waals surface area contributed by atoms with Crippen LogP contribution in [0.5, 0.6) is 5.75 Å². The summed E-state index contributed by atoms with van der Waals surface area (Å²) in [5.74, 6) is 0.598. The molecule has 2 aromatic rings. The molecule has 0 amide bonds. The van der Waals surface area contributed by atoms with E-state index >= 15 is 0 Å². The lowest BCUT2D eigenvalue weighted by atomic mass is 10.2. The summed E-state index contributed by atoms with van der Waals surface area (Å²) in [7, 11) is -3.44. The van der Waals surface area contributed by atoms with Crippen LogP contribution in [0.15, 0.2) is 48.5 Å². The summed E-state index contributed by atoms with van der Waals surface area (Å²) in [5, 5.41) is 0. The Labute approximate surface area is 125 Å². The van der Waals surface area contributed by atoms with Crippen LogP contribution in [0.1, 0.15) is 18.1 Å². The van der Waals surface area contributed by atoms with Gasteiger partial charge in [0.2, 0.25) is 10.0 Å². The highest BCUT2D eigenvalue weighted by Gasteiger charge is 2.12. The quantitative estimate of drug-likeness (QED) is 0.890. The first-order valence-electron chi connectivity index (χ1n) is 6.77. The third kappa shape index (κ3) is 4.79. The molecule has 0 aliphatic carbocycles. The molecular weight excluding hydrogens is 286 g/mol. The molecule has 1 N–H and O–H groups in total. The fourth-order valence-corrected chi connectivity index (χ4v) is 3.23. The summed E-state index contributed by atoms with van der Waals surface area (Å²) in [4.78, 5) is 0. The van der Waals surface area contributed by atoms with Gasteiger partial charge in [-0.05, 0) is 31.5 Å². The van der Waals surface area contributed by atoms with Crippen LogP contribution in [0.4, 0.5) is 5.69 Å². The highest BCUT2D eigenvalue weighted by Crippen LogP contribution is 2.19. The Morgan fingerprint density at radius 1 is 1.10 bits per heavy atom. The van der Waals surface area contributed by atoms with Gasteiger partial charge in [0.25, 0.3) is 0 Å². The molecule has 5 heteroatoms. The SMILES string of the molecule is CCOc1cccc(NS(=O)(=O)Cc2cccc(C)c2)c1. The van der Waals surface area contributed by atoms with Crippen LogP contribution in [-0.2, 0) is 15.8 Å². The third-order valence-electron chi connectivity index (χ3n) is 2.86. The van der Waals surface area contributed by atoms with Gasteiger partial charge in [-0.2, -0.15) is 0 Å². The zero-order valence-corrected chi connectivity index (χ0v) is 13.0. The van der Waals surface area contributed by atoms with Gasteiger partial charge in [0.15, 0.2) is 0 Å². The van der Waals surface area contributed by atoms with Crippen molar-refractivity contribution >= 4 is 15.7 Å². The average Bonchev–Trinajstić information content (AvgIpc) is 2.38. The van der Waals surface area contributed by atoms with Crippen LogP contribution >= 0.6 is 0 Å². The molecule has 21 heavy (non-hydrogen) atoms. The number of hydrogen-bond donors (Lipinski definition) is 1. The second-order valence-corrected chi connectivity index (χ2v) is 6.53. The number of rotatable bonds is 6. The van der Waals surface area contributed by atoms with E-state index in [0.717, 1.165) is 11.1 Å². The highest BCUT2D eigenvalue weighted by atomic mass is 32.2. The highest BCUT2D eigenvalue weighted by molar-refractivity contribution is 7.91. The Hall–Kier alpha value is -2.01. The van der Waals surface area contributed by atoms with Crippen molar-refractivity contribution in [2.45, 2.75) is 19.6 Å². The Kier molecular flexibility index (Phi) is 4.85. The van der Waals surface area contributed by atoms with E-state index in [1.807, 2.05) is 38.1 Å². The van der Waals surface area contributed by atoms with Gasteiger partial charge in [0.1, 0.15) is 5.75 Å². The van der Waals surface area contributed by atoms with Crippen molar-refractivity contribution in [1.29, 1.82) is 0 Å². The number of hydrogen-bond acceptors (Lipinski definition) is 3. The lowest BCUT2D eigenvalue weighted by Crippen LogP contribution is -2.15. The number of ether oxygens (including phenoxy) is 1. The van der Waals surface area contributed by atoms with Gasteiger partial charge in [-0.3, -0.25) is 4.72 Å². The van der Waals surface area contributed by atoms with E-state index in [-0.39, 0.29) is 5.75 Å². The maximum atomic E-state index is 12.2. The first-order valence-corrected chi connectivity index (χ1v) is 8.42. The molecule has 0 aliphatic heterocycles. The lowest BCUT2D eigenvalue weighted by molar-refractivity contribution is 0.340. The van der Waals surface area contributed by atoms with Crippen LogP contribution < -0.4 is 9.46 Å². The molecule has 0 aliphatic rings. The largest absolute Gasteiger partial charge is 0.494 e. The van der Waals surface area contributed by atoms with Gasteiger partial charge in [0.05, 0.1) is 18.0 Å². The van der Waals surface area contributed by atoms with Crippen molar-refractivity contribution in [1.82, 2.24) is 0 Å². The summed E-state index contributed by atoms with van der Waals surface area (Å²) < 4.78 is 32.3. The maximum absolute atomic E-state index is 12.2. The minimum absolute atomic E-state index is 0.0481. The molecule has 2 rings (SSSR count). The number of aryl methyl sites for hydroxylation is 1. The molecule has 0 fully saturated rings. The van der Waals surface area contributed by atoms with E-state index in [4.69, 9.17) is 4.74 Å². The number of nitrogens with one attached hydrogen (secondary N) is 1. The molecule has 0 bridgehead atoms. The van der Waals surface area contributed by atoms with Gasteiger partial charge in [-0.15, -0.1) is 0 Å². The van der Waals surface area contributed by atoms with Crippen LogP contribution in [0, 0.1) is 6.92 Å². The van der Waals surface area contributed by atoms with E-state index in [0.29, 0.717) is 18.0 Å². The van der Waals surface area contributed by atoms with Crippen LogP contribution in [0.25, 0.3) is 0 Å². The number of anilines is 1. The third-order valence-corrected chi connectivity index (χ3v) is 4.12. The molecule has 0 unspecified atom stereocenters. The zero-order valence-electron chi connectivity index (χ0n) is 12.2. The van der Waals surface area contributed by atoms with Crippen molar-refractivity contribution < 1.29 is 13.2 Å². The van der Waals surface area contributed by atoms with E-state index in [2.05, 4.69) is 4.72 Å². The van der Waals surface area contributed by atoms with Gasteiger partial charge >= 0.3 is 0 Å². The maximum Gasteiger partial charge on any atom is 0.236 e. The summed E-state index contributed by atoms with van der Waals surface area (Å²) >= 11 is 0. The van der Waals surface area contributed by atoms with E-state index in [9.17, 15) is 8.42 Å². The predicted molar refractivity (Wildman–Crippen MR) is 85.0 cm³/mol. The molecule has 0 spiro atoms. The summed E-state index contributed by atoms with van der Waals surface area (Å²) in [5.41, 5.74) is 2.32. The topological polar surface area (TPSA) is 55.4 Å². The summed E-state index contributed by atoms with van der Waals surface area (Å²) in [6, 6.07) is 14.4. The molecule has 4 nitrogen and oxygen atoms in total. The number of sulfonamides is 1. The van der Waals surface area contributed by atoms with Crippen molar-refractivity contribution in [3.05, 3.63) is 59.7 Å². The van der Waals surface area contributed by atoms with E-state index in [1.165, 1.54) is 0 Å². The Bertz CT molecular complexity index is 711. The van der Waals surface area contributed by atoms with Crippen molar-refractivity contribution in [3.63, 3.8) is 0 Å². The molecule has 0 aromatic heterocycles. The van der Waals surface area contributed by atoms with Gasteiger partial charge in [-0.1, -0.05) is 35.9 Å². The summed E-state index contributed by atoms with van der Waals surface area (Å²) in [6.45, 7) is 4.36. The minimum atomic E-state index is -3.44. The van der Waals surface area contributed by atoms with Gasteiger partial charge in [0, 0.05) is 6.07 Å². The molecule has 0 saturated heterocycles. The van der Waals surface area contributed by atoms with Crippen LogP contribution in [0.2, 0.25) is 0 Å². The molecule has 112 valence electrons. The molecule has 0 heterocycles. The first kappa shape index (κ1) is 15.4. The molecule has 0 saturated carbocycles. The van der Waals surface area contributed by atoms with E-state index < -0.39 is 10.0 Å². The average molecular weight is 305 g/mol. The Balaban J connectivity index is 2.12. The molecule has 2 aromatic carbocycles. The smallest absolute Gasteiger partial charge is 0.236 e. The second kappa shape index (κ2) is 6.63. The minimum Gasteiger partial charge on any atom is -0.494 e. The first-order chi connectivity index (χ1) is 9.98. The standard InChI is InChI=1S/C16H19NO3S/c1-3-20-16-9-5-8-15(11-16)17-21(18,19)12-14-7-4-6-13(2)10-14/h4-11,17H,3,12H2,1-2H3. The second-order valence-electron chi connectivity index (χ2n) is 4.81. The van der Waals surface area contributed by atoms with Crippen molar-refractivity contribution in [3.8, 4) is 5.75 Å². The zero-order chi connectivity index (χ0) is 15.3. The number of benzene rings is 2. The Morgan fingerprint density at radius 3 is 2.57 bits per heavy atom. The molecule has 0 atom stereocenters. The van der Waals surface area contributed by atoms with Crippen LogP contribution in [0.3, 0.4) is 0 Å². The lowest BCUT2D eigenvalue weighted by Gasteiger charge is -2.10. The van der Waals surface area contributed by atoms with Gasteiger partial charge in [-0.25, -0.2) is 8.42 Å². The van der Waals surface area contributed by atoms with Crippen LogP contribution in [-0.4, -0.2) is 15.0 Å². The monoisotopic (exact) mass is 305 g/mol. The fourth-order valence-electron chi connectivity index (χ4n) is 2.05. The molecule has 0 radical (unpaired) electrons. The van der Waals surface area contributed by atoms with Crippen molar-refractivity contribution in [2.75, 3.05) is 11.3 Å². The van der Waals surface area contributed by atoms with E-state index in [1.54, 1.807) is 24.3 Å². The fraction of sp³-hybridized carbons (Fsp3) is 0.250.